The van der Waals surface area contributed by atoms with Gasteiger partial charge in [0.1, 0.15) is 0 Å². The SMILES string of the molecule is O=P([O-])(O)O.[Na+].[Na+].[Na+].[O]=[W](=[O])([O-])[O-]. The van der Waals surface area contributed by atoms with Crippen LogP contribution in [0.25, 0.3) is 0 Å². The molecule has 0 aromatic carbocycles. The molecule has 0 aliphatic heterocycles. The van der Waals surface area contributed by atoms with Gasteiger partial charge in [0.05, 0.1) is 0 Å². The molecule has 0 aromatic rings. The molecule has 0 saturated carbocycles. The fourth-order valence-corrected chi connectivity index (χ4v) is 0. The maximum absolute atomic E-state index is 8.77. The van der Waals surface area contributed by atoms with Crippen LogP contribution in [0.2, 0.25) is 0 Å². The van der Waals surface area contributed by atoms with Crippen LogP contribution in [0.1, 0.15) is 0 Å². The summed E-state index contributed by atoms with van der Waals surface area (Å²) in [6, 6.07) is 0. The summed E-state index contributed by atoms with van der Waals surface area (Å²) < 4.78 is 43.4. The van der Waals surface area contributed by atoms with Crippen molar-refractivity contribution in [2.75, 3.05) is 0 Å². The summed E-state index contributed by atoms with van der Waals surface area (Å²) in [7, 11) is -4.89. The van der Waals surface area contributed by atoms with Gasteiger partial charge >= 0.3 is 120 Å². The Morgan fingerprint density at radius 1 is 1.00 bits per heavy atom. The molecule has 0 fully saturated rings. The van der Waals surface area contributed by atoms with E-state index in [0.29, 0.717) is 0 Å². The van der Waals surface area contributed by atoms with E-state index in [2.05, 4.69) is 0 Å². The molecule has 0 atom stereocenters. The van der Waals surface area contributed by atoms with Crippen molar-refractivity contribution in [1.82, 2.24) is 0 Å². The van der Waals surface area contributed by atoms with Crippen molar-refractivity contribution in [1.29, 1.82) is 0 Å². The van der Waals surface area contributed by atoms with E-state index in [1.165, 1.54) is 0 Å². The van der Waals surface area contributed by atoms with Gasteiger partial charge in [0.2, 0.25) is 0 Å². The molecule has 0 saturated heterocycles. The van der Waals surface area contributed by atoms with Gasteiger partial charge < -0.3 is 14.7 Å². The van der Waals surface area contributed by atoms with E-state index in [4.69, 9.17) is 33.6 Å². The van der Waals surface area contributed by atoms with Crippen LogP contribution in [-0.2, 0) is 28.1 Å². The fraction of sp³-hybridized carbons (Fsp3) is 0. The number of phosphoric acid groups is 1. The Morgan fingerprint density at radius 3 is 1.00 bits per heavy atom. The van der Waals surface area contributed by atoms with Crippen LogP contribution in [0.15, 0.2) is 0 Å². The van der Waals surface area contributed by atoms with Crippen LogP contribution < -0.4 is 101 Å². The van der Waals surface area contributed by atoms with Crippen LogP contribution in [0.4, 0.5) is 0 Å². The monoisotopic (exact) mass is 414 g/mol. The zero-order chi connectivity index (χ0) is 9.00. The van der Waals surface area contributed by atoms with Crippen molar-refractivity contribution in [2.45, 2.75) is 0 Å². The third kappa shape index (κ3) is 247. The summed E-state index contributed by atoms with van der Waals surface area (Å²) in [6.45, 7) is 0. The fourth-order valence-electron chi connectivity index (χ4n) is 0. The molecular weight excluding hydrogens is 412 g/mol. The van der Waals surface area contributed by atoms with E-state index in [-0.39, 0.29) is 88.7 Å². The summed E-state index contributed by atoms with van der Waals surface area (Å²) in [4.78, 5) is 22.9. The van der Waals surface area contributed by atoms with Crippen LogP contribution in [-0.4, -0.2) is 9.79 Å². The molecule has 0 aromatic heterocycles. The van der Waals surface area contributed by atoms with Crippen molar-refractivity contribution in [3.05, 3.63) is 0 Å². The summed E-state index contributed by atoms with van der Waals surface area (Å²) >= 11 is -6.17. The molecule has 0 aliphatic rings. The minimum atomic E-state index is -6.17. The Hall–Kier alpha value is 3.32. The van der Waals surface area contributed by atoms with Gasteiger partial charge in [-0.15, -0.1) is 0 Å². The number of rotatable bonds is 0. The van der Waals surface area contributed by atoms with Gasteiger partial charge in [0.15, 0.2) is 0 Å². The van der Waals surface area contributed by atoms with E-state index >= 15 is 0 Å². The normalized spacial score (nSPS) is 9.00. The Kier molecular flexibility index (Phi) is 30.8. The van der Waals surface area contributed by atoms with Gasteiger partial charge in [0, 0.05) is 0 Å². The molecule has 2 N–H and O–H groups in total. The van der Waals surface area contributed by atoms with Crippen molar-refractivity contribution in [3.63, 3.8) is 0 Å². The van der Waals surface area contributed by atoms with E-state index in [1.807, 2.05) is 0 Å². The summed E-state index contributed by atoms with van der Waals surface area (Å²) in [5.74, 6) is 0. The average molecular weight is 414 g/mol. The molecule has 0 heterocycles. The van der Waals surface area contributed by atoms with Gasteiger partial charge in [-0.05, 0) is 0 Å². The molecule has 0 rings (SSSR count). The van der Waals surface area contributed by atoms with Crippen LogP contribution in [0.5, 0.6) is 0 Å². The Balaban J connectivity index is -0.0000000267. The van der Waals surface area contributed by atoms with Gasteiger partial charge in [-0.1, -0.05) is 0 Å². The Morgan fingerprint density at radius 2 is 1.00 bits per heavy atom. The first-order valence-electron chi connectivity index (χ1n) is 1.43. The van der Waals surface area contributed by atoms with E-state index in [1.54, 1.807) is 0 Å². The van der Waals surface area contributed by atoms with Gasteiger partial charge in [0.25, 0.3) is 7.82 Å². The third-order valence-corrected chi connectivity index (χ3v) is 0. The first-order valence-corrected chi connectivity index (χ1v) is 7.75. The molecule has 0 amide bonds. The third-order valence-electron chi connectivity index (χ3n) is 0. The molecule has 0 spiro atoms. The van der Waals surface area contributed by atoms with Crippen molar-refractivity contribution >= 4 is 7.82 Å². The Bertz CT molecular complexity index is 197. The van der Waals surface area contributed by atoms with Gasteiger partial charge in [-0.3, -0.25) is 4.57 Å². The molecule has 64 valence electrons. The number of hydrogen-bond acceptors (Lipinski definition) is 6. The van der Waals surface area contributed by atoms with Crippen molar-refractivity contribution in [2.24, 2.45) is 0 Å². The van der Waals surface area contributed by atoms with Gasteiger partial charge in [-0.2, -0.15) is 0 Å². The topological polar surface area (TPSA) is 161 Å². The molecule has 0 radical (unpaired) electrons. The summed E-state index contributed by atoms with van der Waals surface area (Å²) in [5.41, 5.74) is 0. The molecule has 0 aliphatic carbocycles. The van der Waals surface area contributed by atoms with E-state index < -0.39 is 24.6 Å². The number of hydrogen-bond donors (Lipinski definition) is 2. The van der Waals surface area contributed by atoms with Gasteiger partial charge in [-0.25, -0.2) is 0 Å². The van der Waals surface area contributed by atoms with E-state index in [9.17, 15) is 0 Å². The van der Waals surface area contributed by atoms with E-state index in [0.717, 1.165) is 0 Å². The van der Waals surface area contributed by atoms with Crippen LogP contribution in [0.3, 0.4) is 0 Å². The predicted octanol–water partition coefficient (Wildman–Crippen LogP) is -13.2. The standard InChI is InChI=1S/3Na.H3O4P.4O.W/c;;;1-5(2,3)4;;;;;/h;;;(H3,1,2,3,4);;;;;/q3*+1;;;;2*-1;/p-1. The zero-order valence-electron chi connectivity index (χ0n) is 7.20. The van der Waals surface area contributed by atoms with Crippen LogP contribution >= 0.6 is 7.82 Å². The molecule has 8 nitrogen and oxygen atoms in total. The summed E-state index contributed by atoms with van der Waals surface area (Å²) in [6.07, 6.45) is 0. The molecule has 0 bridgehead atoms. The Labute approximate surface area is 144 Å². The van der Waals surface area contributed by atoms with Crippen LogP contribution in [0, 0.1) is 0 Å². The molecule has 13 heteroatoms. The van der Waals surface area contributed by atoms with Crippen molar-refractivity contribution in [3.8, 4) is 0 Å². The average Bonchev–Trinajstić information content (AvgIpc) is 1.12. The second kappa shape index (κ2) is 13.4. The second-order valence-electron chi connectivity index (χ2n) is 0.899. The first-order chi connectivity index (χ1) is 4.00. The summed E-state index contributed by atoms with van der Waals surface area (Å²) in [5, 5.41) is 0. The minimum absolute atomic E-state index is 0. The van der Waals surface area contributed by atoms with Crippen molar-refractivity contribution < 1.29 is 139 Å². The second-order valence-corrected chi connectivity index (χ2v) is 4.81. The maximum atomic E-state index is 8.77. The zero-order valence-corrected chi connectivity index (χ0v) is 17.0. The molecule has 0 unspecified atom stereocenters. The molecule has 13 heavy (non-hydrogen) atoms. The quantitative estimate of drug-likeness (QED) is 0.292. The molecular formula is H2Na3O8PW. The predicted molar refractivity (Wildman–Crippen MR) is 13.4 cm³/mol. The first kappa shape index (κ1) is 29.9.